The van der Waals surface area contributed by atoms with Crippen molar-refractivity contribution >= 4 is 5.78 Å². The van der Waals surface area contributed by atoms with E-state index in [1.54, 1.807) is 0 Å². The Kier molecular flexibility index (Phi) is 8.36. The molecule has 1 aliphatic carbocycles. The number of benzene rings is 2. The maximum atomic E-state index is 13.7. The van der Waals surface area contributed by atoms with E-state index in [4.69, 9.17) is 14.2 Å². The molecule has 2 saturated heterocycles. The molecule has 4 unspecified atom stereocenters. The van der Waals surface area contributed by atoms with Gasteiger partial charge in [-0.3, -0.25) is 4.79 Å². The molecule has 2 heterocycles. The van der Waals surface area contributed by atoms with Gasteiger partial charge in [0.05, 0.1) is 6.61 Å². The number of ketones is 1. The second-order valence-electron chi connectivity index (χ2n) is 10.6. The quantitative estimate of drug-likeness (QED) is 0.373. The zero-order chi connectivity index (χ0) is 25.8. The lowest BCUT2D eigenvalue weighted by atomic mass is 9.92. The Hall–Kier alpha value is -2.57. The molecule has 37 heavy (non-hydrogen) atoms. The first-order chi connectivity index (χ1) is 18.1. The van der Waals surface area contributed by atoms with E-state index in [9.17, 15) is 4.79 Å². The van der Waals surface area contributed by atoms with Crippen LogP contribution in [0.2, 0.25) is 0 Å². The number of ether oxygens (including phenoxy) is 3. The number of hydrogen-bond acceptors (Lipinski definition) is 6. The predicted octanol–water partition coefficient (Wildman–Crippen LogP) is 5.61. The molecular formula is C31H42N2O4. The van der Waals surface area contributed by atoms with E-state index in [1.807, 2.05) is 37.3 Å². The molecule has 3 aliphatic rings. The Balaban J connectivity index is 1.49. The number of nitrogens with one attached hydrogen (secondary N) is 2. The molecule has 0 bridgehead atoms. The highest BCUT2D eigenvalue weighted by molar-refractivity contribution is 6.23. The van der Waals surface area contributed by atoms with Crippen molar-refractivity contribution in [2.75, 3.05) is 32.8 Å². The van der Waals surface area contributed by atoms with Crippen LogP contribution in [0.5, 0.6) is 17.2 Å². The average molecular weight is 507 g/mol. The fraction of sp³-hybridized carbons (Fsp3) is 0.581. The van der Waals surface area contributed by atoms with Crippen LogP contribution in [0.4, 0.5) is 0 Å². The lowest BCUT2D eigenvalue weighted by Crippen LogP contribution is -2.39. The minimum atomic E-state index is 0.0154. The lowest BCUT2D eigenvalue weighted by Gasteiger charge is -2.31. The SMILES string of the molecule is CCOc1cc(OC(CC)C2CCCNC2)cc2c1-c1c(OC(CC)C3CCCNC3)cccc1C2=O. The molecule has 5 rings (SSSR count). The van der Waals surface area contributed by atoms with Crippen molar-refractivity contribution in [3.63, 3.8) is 0 Å². The first-order valence-electron chi connectivity index (χ1n) is 14.4. The van der Waals surface area contributed by atoms with E-state index in [1.165, 1.54) is 12.8 Å². The molecule has 0 saturated carbocycles. The molecular weight excluding hydrogens is 464 g/mol. The number of hydrogen-bond donors (Lipinski definition) is 2. The average Bonchev–Trinajstić information content (AvgIpc) is 3.24. The molecule has 0 amide bonds. The van der Waals surface area contributed by atoms with Crippen LogP contribution in [0.1, 0.15) is 75.2 Å². The molecule has 0 spiro atoms. The van der Waals surface area contributed by atoms with Crippen LogP contribution in [-0.2, 0) is 0 Å². The fourth-order valence-electron chi connectivity index (χ4n) is 6.34. The van der Waals surface area contributed by atoms with Crippen molar-refractivity contribution < 1.29 is 19.0 Å². The van der Waals surface area contributed by atoms with Crippen molar-refractivity contribution in [3.8, 4) is 28.4 Å². The van der Waals surface area contributed by atoms with Crippen LogP contribution in [0.15, 0.2) is 30.3 Å². The van der Waals surface area contributed by atoms with Crippen molar-refractivity contribution in [2.24, 2.45) is 11.8 Å². The molecule has 2 aromatic rings. The molecule has 0 aromatic heterocycles. The normalized spacial score (nSPS) is 22.6. The zero-order valence-electron chi connectivity index (χ0n) is 22.6. The molecule has 2 aromatic carbocycles. The summed E-state index contributed by atoms with van der Waals surface area (Å²) in [6.07, 6.45) is 6.73. The predicted molar refractivity (Wildman–Crippen MR) is 147 cm³/mol. The monoisotopic (exact) mass is 506 g/mol. The summed E-state index contributed by atoms with van der Waals surface area (Å²) in [6.45, 7) is 10.9. The molecule has 6 heteroatoms. The van der Waals surface area contributed by atoms with Gasteiger partial charge in [-0.15, -0.1) is 0 Å². The highest BCUT2D eigenvalue weighted by Gasteiger charge is 2.35. The summed E-state index contributed by atoms with van der Waals surface area (Å²) in [7, 11) is 0. The smallest absolute Gasteiger partial charge is 0.194 e. The Labute approximate surface area is 221 Å². The highest BCUT2D eigenvalue weighted by atomic mass is 16.5. The molecule has 2 aliphatic heterocycles. The Morgan fingerprint density at radius 1 is 0.838 bits per heavy atom. The molecule has 2 N–H and O–H groups in total. The molecule has 4 atom stereocenters. The van der Waals surface area contributed by atoms with Gasteiger partial charge >= 0.3 is 0 Å². The second-order valence-corrected chi connectivity index (χ2v) is 10.6. The molecule has 0 radical (unpaired) electrons. The number of fused-ring (bicyclic) bond motifs is 3. The van der Waals surface area contributed by atoms with Crippen molar-refractivity contribution in [3.05, 3.63) is 41.5 Å². The Morgan fingerprint density at radius 3 is 2.08 bits per heavy atom. The van der Waals surface area contributed by atoms with Crippen LogP contribution >= 0.6 is 0 Å². The summed E-state index contributed by atoms with van der Waals surface area (Å²) in [5.74, 6) is 3.13. The molecule has 200 valence electrons. The van der Waals surface area contributed by atoms with Crippen molar-refractivity contribution in [1.82, 2.24) is 10.6 Å². The first-order valence-corrected chi connectivity index (χ1v) is 14.4. The van der Waals surface area contributed by atoms with E-state index >= 15 is 0 Å². The highest BCUT2D eigenvalue weighted by Crippen LogP contribution is 2.49. The van der Waals surface area contributed by atoms with E-state index < -0.39 is 0 Å². The standard InChI is InChI=1S/C31H42N2O4/c1-4-25(20-10-8-14-32-18-20)36-22-16-24-30(28(17-22)35-6-3)29-23(31(24)34)12-7-13-27(29)37-26(5-2)21-11-9-15-33-19-21/h7,12-13,16-17,20-21,25-26,32-33H,4-6,8-11,14-15,18-19H2,1-3H3. The topological polar surface area (TPSA) is 68.8 Å². The third-order valence-electron chi connectivity index (χ3n) is 8.23. The maximum Gasteiger partial charge on any atom is 0.194 e. The minimum Gasteiger partial charge on any atom is -0.493 e. The van der Waals surface area contributed by atoms with E-state index in [2.05, 4.69) is 24.5 Å². The van der Waals surface area contributed by atoms with E-state index in [0.29, 0.717) is 41.1 Å². The fourth-order valence-corrected chi connectivity index (χ4v) is 6.34. The molecule has 6 nitrogen and oxygen atoms in total. The van der Waals surface area contributed by atoms with E-state index in [0.717, 1.165) is 68.7 Å². The maximum absolute atomic E-state index is 13.7. The van der Waals surface area contributed by atoms with E-state index in [-0.39, 0.29) is 18.0 Å². The van der Waals surface area contributed by atoms with Crippen molar-refractivity contribution in [2.45, 2.75) is 71.5 Å². The number of carbonyl (C=O) groups excluding carboxylic acids is 1. The Morgan fingerprint density at radius 2 is 1.49 bits per heavy atom. The van der Waals surface area contributed by atoms with Crippen LogP contribution < -0.4 is 24.8 Å². The summed E-state index contributed by atoms with van der Waals surface area (Å²) >= 11 is 0. The summed E-state index contributed by atoms with van der Waals surface area (Å²) in [4.78, 5) is 13.7. The van der Waals surface area contributed by atoms with Gasteiger partial charge < -0.3 is 24.8 Å². The largest absolute Gasteiger partial charge is 0.493 e. The van der Waals surface area contributed by atoms with Gasteiger partial charge in [0, 0.05) is 53.2 Å². The second kappa shape index (κ2) is 11.9. The number of rotatable bonds is 10. The first kappa shape index (κ1) is 26.1. The van der Waals surface area contributed by atoms with Gasteiger partial charge in [-0.25, -0.2) is 0 Å². The third kappa shape index (κ3) is 5.37. The minimum absolute atomic E-state index is 0.0154. The van der Waals surface area contributed by atoms with Gasteiger partial charge in [0.15, 0.2) is 5.78 Å². The van der Waals surface area contributed by atoms with Crippen LogP contribution in [-0.4, -0.2) is 50.8 Å². The van der Waals surface area contributed by atoms with Gasteiger partial charge in [0.25, 0.3) is 0 Å². The van der Waals surface area contributed by atoms with Gasteiger partial charge in [0.2, 0.25) is 0 Å². The third-order valence-corrected chi connectivity index (χ3v) is 8.23. The summed E-state index contributed by atoms with van der Waals surface area (Å²) in [5.41, 5.74) is 3.04. The van der Waals surface area contributed by atoms with Crippen molar-refractivity contribution in [1.29, 1.82) is 0 Å². The number of piperidine rings is 2. The summed E-state index contributed by atoms with van der Waals surface area (Å²) in [5, 5.41) is 7.02. The summed E-state index contributed by atoms with van der Waals surface area (Å²) in [6, 6.07) is 9.74. The lowest BCUT2D eigenvalue weighted by molar-refractivity contribution is 0.103. The van der Waals surface area contributed by atoms with Crippen LogP contribution in [0, 0.1) is 11.8 Å². The van der Waals surface area contributed by atoms with Crippen LogP contribution in [0.3, 0.4) is 0 Å². The van der Waals surface area contributed by atoms with Gasteiger partial charge in [0.1, 0.15) is 29.5 Å². The van der Waals surface area contributed by atoms with Gasteiger partial charge in [-0.05, 0) is 70.7 Å². The van der Waals surface area contributed by atoms with Gasteiger partial charge in [-0.2, -0.15) is 0 Å². The zero-order valence-corrected chi connectivity index (χ0v) is 22.6. The Bertz CT molecular complexity index is 1090. The van der Waals surface area contributed by atoms with Crippen LogP contribution in [0.25, 0.3) is 11.1 Å². The molecule has 2 fully saturated rings. The summed E-state index contributed by atoms with van der Waals surface area (Å²) < 4.78 is 19.4. The number of carbonyl (C=O) groups is 1. The van der Waals surface area contributed by atoms with Gasteiger partial charge in [-0.1, -0.05) is 26.0 Å².